The molecule has 1 heterocycles. The van der Waals surface area contributed by atoms with Crippen molar-refractivity contribution in [3.05, 3.63) is 52.4 Å². The van der Waals surface area contributed by atoms with E-state index >= 15 is 0 Å². The molecule has 0 aliphatic heterocycles. The van der Waals surface area contributed by atoms with E-state index in [1.165, 1.54) is 18.4 Å². The highest BCUT2D eigenvalue weighted by atomic mass is 35.5. The molecule has 0 spiro atoms. The lowest BCUT2D eigenvalue weighted by atomic mass is 10.3. The van der Waals surface area contributed by atoms with Gasteiger partial charge in [-0.3, -0.25) is 25.2 Å². The number of quaternary nitrogens is 1. The summed E-state index contributed by atoms with van der Waals surface area (Å²) in [6.07, 6.45) is 1.35. The van der Waals surface area contributed by atoms with Gasteiger partial charge in [0.2, 0.25) is 0 Å². The highest BCUT2D eigenvalue weighted by molar-refractivity contribution is 6.42. The van der Waals surface area contributed by atoms with Crippen LogP contribution in [0, 0.1) is 0 Å². The van der Waals surface area contributed by atoms with Crippen LogP contribution >= 0.6 is 23.2 Å². The van der Waals surface area contributed by atoms with Gasteiger partial charge in [-0.2, -0.15) is 0 Å². The number of hydrogen-bond donors (Lipinski definition) is 4. The normalized spacial score (nSPS) is 11.5. The van der Waals surface area contributed by atoms with E-state index in [4.69, 9.17) is 27.6 Å². The van der Waals surface area contributed by atoms with Gasteiger partial charge in [0.1, 0.15) is 0 Å². The van der Waals surface area contributed by atoms with E-state index in [9.17, 15) is 14.4 Å². The molecule has 1 atom stereocenters. The summed E-state index contributed by atoms with van der Waals surface area (Å²) in [4.78, 5) is 36.0. The molecule has 2 aromatic rings. The minimum atomic E-state index is -0.571. The zero-order valence-electron chi connectivity index (χ0n) is 13.8. The van der Waals surface area contributed by atoms with Gasteiger partial charge in [0.25, 0.3) is 11.8 Å². The predicted octanol–water partition coefficient (Wildman–Crippen LogP) is 0.501. The average molecular weight is 400 g/mol. The molecule has 0 saturated heterocycles. The Balaban J connectivity index is 1.73. The Bertz CT molecular complexity index is 796. The van der Waals surface area contributed by atoms with E-state index in [1.54, 1.807) is 25.2 Å². The minimum Gasteiger partial charge on any atom is -0.459 e. The van der Waals surface area contributed by atoms with Gasteiger partial charge in [0.05, 0.1) is 23.4 Å². The number of nitrogens with one attached hydrogen (secondary N) is 4. The quantitative estimate of drug-likeness (QED) is 0.530. The molecule has 0 fully saturated rings. The van der Waals surface area contributed by atoms with Gasteiger partial charge in [-0.05, 0) is 30.3 Å². The number of likely N-dealkylation sites (N-methyl/N-ethyl adjacent to an activating group) is 1. The largest absolute Gasteiger partial charge is 0.459 e. The van der Waals surface area contributed by atoms with E-state index in [0.717, 1.165) is 0 Å². The van der Waals surface area contributed by atoms with E-state index in [0.29, 0.717) is 20.6 Å². The lowest BCUT2D eigenvalue weighted by molar-refractivity contribution is -0.862. The van der Waals surface area contributed by atoms with Gasteiger partial charge < -0.3 is 14.6 Å². The van der Waals surface area contributed by atoms with Crippen molar-refractivity contribution in [1.29, 1.82) is 0 Å². The molecule has 1 aromatic heterocycles. The van der Waals surface area contributed by atoms with Gasteiger partial charge in [-0.15, -0.1) is 0 Å². The number of hydrazine groups is 1. The van der Waals surface area contributed by atoms with E-state index in [1.807, 2.05) is 0 Å². The number of benzene rings is 1. The Labute approximate surface area is 159 Å². The zero-order valence-corrected chi connectivity index (χ0v) is 15.3. The summed E-state index contributed by atoms with van der Waals surface area (Å²) in [6.45, 7) is 0.0209. The molecule has 0 aliphatic rings. The first-order chi connectivity index (χ1) is 12.3. The molecule has 0 saturated carbocycles. The maximum Gasteiger partial charge on any atom is 0.305 e. The lowest BCUT2D eigenvalue weighted by Gasteiger charge is -2.14. The molecule has 10 heteroatoms. The predicted molar refractivity (Wildman–Crippen MR) is 96.0 cm³/mol. The summed E-state index contributed by atoms with van der Waals surface area (Å²) in [5.41, 5.74) is 4.98. The molecule has 3 amide bonds. The Morgan fingerprint density at radius 2 is 1.77 bits per heavy atom. The lowest BCUT2D eigenvalue weighted by Crippen LogP contribution is -3.11. The van der Waals surface area contributed by atoms with Gasteiger partial charge in [0.15, 0.2) is 18.8 Å². The van der Waals surface area contributed by atoms with Crippen LogP contribution in [0.5, 0.6) is 0 Å². The summed E-state index contributed by atoms with van der Waals surface area (Å²) >= 11 is 11.7. The second-order valence-electron chi connectivity index (χ2n) is 5.47. The first-order valence-electron chi connectivity index (χ1n) is 7.54. The minimum absolute atomic E-state index is 0.0206. The van der Waals surface area contributed by atoms with Crippen LogP contribution in [0.4, 0.5) is 5.69 Å². The van der Waals surface area contributed by atoms with E-state index < -0.39 is 11.8 Å². The molecule has 2 rings (SSSR count). The summed E-state index contributed by atoms with van der Waals surface area (Å²) in [7, 11) is 1.67. The SMILES string of the molecule is C[NH+](CC(=O)NNC(=O)c1ccco1)CC(=O)Nc1ccc(Cl)c(Cl)c1. The number of hydrogen-bond acceptors (Lipinski definition) is 4. The Morgan fingerprint density at radius 3 is 2.42 bits per heavy atom. The summed E-state index contributed by atoms with van der Waals surface area (Å²) < 4.78 is 4.89. The third-order valence-electron chi connectivity index (χ3n) is 3.19. The third kappa shape index (κ3) is 6.07. The fourth-order valence-corrected chi connectivity index (χ4v) is 2.33. The van der Waals surface area contributed by atoms with Crippen LogP contribution < -0.4 is 21.1 Å². The molecule has 1 aromatic carbocycles. The fraction of sp³-hybridized carbons (Fsp3) is 0.188. The monoisotopic (exact) mass is 399 g/mol. The number of carbonyl (C=O) groups excluding carboxylic acids is 3. The topological polar surface area (TPSA) is 105 Å². The Morgan fingerprint density at radius 1 is 1.04 bits per heavy atom. The maximum absolute atomic E-state index is 12.0. The van der Waals surface area contributed by atoms with Crippen molar-refractivity contribution in [3.8, 4) is 0 Å². The third-order valence-corrected chi connectivity index (χ3v) is 3.93. The van der Waals surface area contributed by atoms with Crippen molar-refractivity contribution in [1.82, 2.24) is 10.9 Å². The summed E-state index contributed by atoms with van der Waals surface area (Å²) in [5.74, 6) is -1.25. The zero-order chi connectivity index (χ0) is 19.1. The second kappa shape index (κ2) is 9.23. The average Bonchev–Trinajstić information content (AvgIpc) is 3.10. The maximum atomic E-state index is 12.0. The molecule has 138 valence electrons. The number of halogens is 2. The van der Waals surface area contributed by atoms with E-state index in [2.05, 4.69) is 16.2 Å². The van der Waals surface area contributed by atoms with Gasteiger partial charge >= 0.3 is 5.91 Å². The number of amides is 3. The Kier molecular flexibility index (Phi) is 7.02. The molecule has 8 nitrogen and oxygen atoms in total. The molecule has 0 radical (unpaired) electrons. The van der Waals surface area contributed by atoms with Crippen LogP contribution in [0.3, 0.4) is 0 Å². The van der Waals surface area contributed by atoms with Crippen LogP contribution in [0.25, 0.3) is 0 Å². The molecule has 4 N–H and O–H groups in total. The van der Waals surface area contributed by atoms with Crippen molar-refractivity contribution in [2.45, 2.75) is 0 Å². The first kappa shape index (κ1) is 19.8. The van der Waals surface area contributed by atoms with Crippen molar-refractivity contribution in [2.24, 2.45) is 0 Å². The van der Waals surface area contributed by atoms with E-state index in [-0.39, 0.29) is 24.8 Å². The highest BCUT2D eigenvalue weighted by Gasteiger charge is 2.16. The fourth-order valence-electron chi connectivity index (χ4n) is 2.03. The van der Waals surface area contributed by atoms with Crippen molar-refractivity contribution in [3.63, 3.8) is 0 Å². The summed E-state index contributed by atoms with van der Waals surface area (Å²) in [6, 6.07) is 7.75. The number of rotatable bonds is 6. The standard InChI is InChI=1S/C16H16Cl2N4O4/c1-22(8-14(23)19-10-4-5-11(17)12(18)7-10)9-15(24)20-21-16(25)13-3-2-6-26-13/h2-7H,8-9H2,1H3,(H,19,23)(H,20,24)(H,21,25)/p+1. The summed E-state index contributed by atoms with van der Waals surface area (Å²) in [5, 5.41) is 3.39. The molecule has 0 aliphatic carbocycles. The first-order valence-corrected chi connectivity index (χ1v) is 8.29. The molecular formula is C16H17Cl2N4O4+. The van der Waals surface area contributed by atoms with Crippen molar-refractivity contribution >= 4 is 46.6 Å². The van der Waals surface area contributed by atoms with Crippen LogP contribution in [0.1, 0.15) is 10.6 Å². The molecule has 1 unspecified atom stereocenters. The molecule has 26 heavy (non-hydrogen) atoms. The Hall–Kier alpha value is -2.55. The smallest absolute Gasteiger partial charge is 0.305 e. The van der Waals surface area contributed by atoms with Crippen molar-refractivity contribution in [2.75, 3.05) is 25.5 Å². The van der Waals surface area contributed by atoms with Gasteiger partial charge in [-0.1, -0.05) is 23.2 Å². The van der Waals surface area contributed by atoms with Crippen LogP contribution in [-0.4, -0.2) is 37.9 Å². The second-order valence-corrected chi connectivity index (χ2v) is 6.28. The highest BCUT2D eigenvalue weighted by Crippen LogP contribution is 2.24. The van der Waals surface area contributed by atoms with Gasteiger partial charge in [-0.25, -0.2) is 0 Å². The van der Waals surface area contributed by atoms with Crippen molar-refractivity contribution < 1.29 is 23.7 Å². The van der Waals surface area contributed by atoms with Gasteiger partial charge in [0, 0.05) is 5.69 Å². The van der Waals surface area contributed by atoms with Crippen LogP contribution in [0.2, 0.25) is 10.0 Å². The number of anilines is 1. The molecular weight excluding hydrogens is 383 g/mol. The number of carbonyl (C=O) groups is 3. The van der Waals surface area contributed by atoms with Crippen LogP contribution in [0.15, 0.2) is 41.0 Å². The number of furan rings is 1. The molecule has 0 bridgehead atoms. The van der Waals surface area contributed by atoms with Crippen LogP contribution in [-0.2, 0) is 9.59 Å².